The molecule has 0 spiro atoms. The van der Waals surface area contributed by atoms with Crippen molar-refractivity contribution in [2.24, 2.45) is 0 Å². The lowest BCUT2D eigenvalue weighted by Crippen LogP contribution is -2.04. The van der Waals surface area contributed by atoms with E-state index in [-0.39, 0.29) is 11.5 Å². The largest absolute Gasteiger partial charge is 0.350 e. The Morgan fingerprint density at radius 3 is 2.52 bits per heavy atom. The highest BCUT2D eigenvalue weighted by Gasteiger charge is 2.05. The Bertz CT molecular complexity index is 1080. The summed E-state index contributed by atoms with van der Waals surface area (Å²) in [5.74, 6) is 0.156. The second kappa shape index (κ2) is 6.20. The summed E-state index contributed by atoms with van der Waals surface area (Å²) in [7, 11) is 0. The van der Waals surface area contributed by atoms with E-state index in [9.17, 15) is 9.18 Å². The fourth-order valence-corrected chi connectivity index (χ4v) is 2.60. The molecule has 25 heavy (non-hydrogen) atoms. The Morgan fingerprint density at radius 1 is 0.960 bits per heavy atom. The summed E-state index contributed by atoms with van der Waals surface area (Å²) in [6.07, 6.45) is 3.37. The molecule has 2 aromatic heterocycles. The van der Waals surface area contributed by atoms with Gasteiger partial charge in [-0.1, -0.05) is 24.3 Å². The SMILES string of the molecule is O=c1[nH]c2ccc(-c3cnc(NCc4ccccc4F)nc3)cc2[nH]1. The van der Waals surface area contributed by atoms with Crippen molar-refractivity contribution in [3.05, 3.63) is 76.7 Å². The standard InChI is InChI=1S/C18H14FN5O/c19-14-4-2-1-3-12(14)8-20-17-21-9-13(10-22-17)11-5-6-15-16(7-11)24-18(25)23-15/h1-7,9-10H,8H2,(H,20,21,22)(H2,23,24,25). The van der Waals surface area contributed by atoms with Gasteiger partial charge < -0.3 is 15.3 Å². The average molecular weight is 335 g/mol. The lowest BCUT2D eigenvalue weighted by atomic mass is 10.1. The molecule has 6 nitrogen and oxygen atoms in total. The monoisotopic (exact) mass is 335 g/mol. The van der Waals surface area contributed by atoms with Gasteiger partial charge >= 0.3 is 5.69 Å². The average Bonchev–Trinajstić information content (AvgIpc) is 3.00. The van der Waals surface area contributed by atoms with Crippen LogP contribution in [0.1, 0.15) is 5.56 Å². The van der Waals surface area contributed by atoms with Crippen LogP contribution in [0.25, 0.3) is 22.2 Å². The van der Waals surface area contributed by atoms with E-state index in [1.54, 1.807) is 30.6 Å². The molecule has 0 aliphatic heterocycles. The van der Waals surface area contributed by atoms with E-state index in [1.807, 2.05) is 18.2 Å². The van der Waals surface area contributed by atoms with E-state index < -0.39 is 0 Å². The number of nitrogens with zero attached hydrogens (tertiary/aromatic N) is 2. The van der Waals surface area contributed by atoms with E-state index in [2.05, 4.69) is 25.3 Å². The summed E-state index contributed by atoms with van der Waals surface area (Å²) in [4.78, 5) is 25.3. The molecule has 0 amide bonds. The number of benzene rings is 2. The van der Waals surface area contributed by atoms with Gasteiger partial charge in [0.25, 0.3) is 0 Å². The third-order valence-electron chi connectivity index (χ3n) is 3.90. The van der Waals surface area contributed by atoms with E-state index in [4.69, 9.17) is 0 Å². The smallest absolute Gasteiger partial charge is 0.323 e. The zero-order valence-electron chi connectivity index (χ0n) is 13.1. The number of imidazole rings is 1. The Hall–Kier alpha value is -3.48. The lowest BCUT2D eigenvalue weighted by molar-refractivity contribution is 0.612. The van der Waals surface area contributed by atoms with Crippen LogP contribution < -0.4 is 11.0 Å². The van der Waals surface area contributed by atoms with Gasteiger partial charge in [-0.3, -0.25) is 0 Å². The molecule has 0 aliphatic rings. The van der Waals surface area contributed by atoms with Crippen molar-refractivity contribution in [3.63, 3.8) is 0 Å². The van der Waals surface area contributed by atoms with Crippen LogP contribution in [0.4, 0.5) is 10.3 Å². The molecule has 0 aliphatic carbocycles. The summed E-state index contributed by atoms with van der Waals surface area (Å²) < 4.78 is 13.6. The Labute approximate surface area is 141 Å². The van der Waals surface area contributed by atoms with Crippen LogP contribution in [0.15, 0.2) is 59.7 Å². The molecule has 124 valence electrons. The van der Waals surface area contributed by atoms with Crippen LogP contribution >= 0.6 is 0 Å². The normalized spacial score (nSPS) is 10.9. The van der Waals surface area contributed by atoms with E-state index in [0.29, 0.717) is 18.1 Å². The Kier molecular flexibility index (Phi) is 3.74. The van der Waals surface area contributed by atoms with E-state index in [0.717, 1.165) is 22.2 Å². The fraction of sp³-hybridized carbons (Fsp3) is 0.0556. The summed E-state index contributed by atoms with van der Waals surface area (Å²) >= 11 is 0. The van der Waals surface area contributed by atoms with Crippen molar-refractivity contribution in [1.29, 1.82) is 0 Å². The number of anilines is 1. The molecule has 0 unspecified atom stereocenters. The molecule has 3 N–H and O–H groups in total. The summed E-state index contributed by atoms with van der Waals surface area (Å²) in [5.41, 5.74) is 3.50. The number of H-pyrrole nitrogens is 2. The predicted octanol–water partition coefficient (Wildman–Crippen LogP) is 3.06. The van der Waals surface area contributed by atoms with Gasteiger partial charge in [-0.15, -0.1) is 0 Å². The van der Waals surface area contributed by atoms with Gasteiger partial charge in [0.1, 0.15) is 5.82 Å². The number of nitrogens with one attached hydrogen (secondary N) is 3. The minimum absolute atomic E-state index is 0.240. The molecule has 4 aromatic rings. The maximum atomic E-state index is 13.6. The fourth-order valence-electron chi connectivity index (χ4n) is 2.60. The van der Waals surface area contributed by atoms with Gasteiger partial charge in [0.15, 0.2) is 0 Å². The molecule has 0 bridgehead atoms. The van der Waals surface area contributed by atoms with Crippen molar-refractivity contribution in [3.8, 4) is 11.1 Å². The molecule has 0 radical (unpaired) electrons. The minimum atomic E-state index is -0.264. The second-order valence-electron chi connectivity index (χ2n) is 5.58. The van der Waals surface area contributed by atoms with Gasteiger partial charge in [-0.2, -0.15) is 0 Å². The van der Waals surface area contributed by atoms with Crippen molar-refractivity contribution in [1.82, 2.24) is 19.9 Å². The number of hydrogen-bond acceptors (Lipinski definition) is 4. The van der Waals surface area contributed by atoms with Crippen LogP contribution in [0.2, 0.25) is 0 Å². The van der Waals surface area contributed by atoms with Gasteiger partial charge in [-0.05, 0) is 23.8 Å². The van der Waals surface area contributed by atoms with Crippen molar-refractivity contribution >= 4 is 17.0 Å². The third-order valence-corrected chi connectivity index (χ3v) is 3.90. The van der Waals surface area contributed by atoms with Crippen LogP contribution in [0.3, 0.4) is 0 Å². The molecule has 7 heteroatoms. The summed E-state index contributed by atoms with van der Waals surface area (Å²) in [6.45, 7) is 0.308. The highest BCUT2D eigenvalue weighted by molar-refractivity contribution is 5.81. The molecular formula is C18H14FN5O. The number of rotatable bonds is 4. The molecule has 0 fully saturated rings. The van der Waals surface area contributed by atoms with Crippen LogP contribution in [-0.2, 0) is 6.54 Å². The Morgan fingerprint density at radius 2 is 1.72 bits per heavy atom. The maximum absolute atomic E-state index is 13.6. The highest BCUT2D eigenvalue weighted by atomic mass is 19.1. The van der Waals surface area contributed by atoms with E-state index in [1.165, 1.54) is 6.07 Å². The lowest BCUT2D eigenvalue weighted by Gasteiger charge is -2.07. The molecule has 0 saturated carbocycles. The van der Waals surface area contributed by atoms with Crippen LogP contribution in [-0.4, -0.2) is 19.9 Å². The van der Waals surface area contributed by atoms with Crippen molar-refractivity contribution in [2.75, 3.05) is 5.32 Å². The van der Waals surface area contributed by atoms with Crippen molar-refractivity contribution < 1.29 is 4.39 Å². The quantitative estimate of drug-likeness (QED) is 0.535. The molecule has 2 aromatic carbocycles. The number of aromatic nitrogens is 4. The molecule has 0 saturated heterocycles. The zero-order valence-corrected chi connectivity index (χ0v) is 13.1. The molecule has 2 heterocycles. The zero-order chi connectivity index (χ0) is 17.2. The first-order valence-electron chi connectivity index (χ1n) is 7.71. The summed E-state index contributed by atoms with van der Waals surface area (Å²) in [6, 6.07) is 12.1. The Balaban J connectivity index is 1.52. The molecular weight excluding hydrogens is 321 g/mol. The predicted molar refractivity (Wildman–Crippen MR) is 93.7 cm³/mol. The first-order chi connectivity index (χ1) is 12.2. The number of hydrogen-bond donors (Lipinski definition) is 3. The number of fused-ring (bicyclic) bond motifs is 1. The first kappa shape index (κ1) is 15.1. The summed E-state index contributed by atoms with van der Waals surface area (Å²) in [5, 5.41) is 3.00. The minimum Gasteiger partial charge on any atom is -0.350 e. The topological polar surface area (TPSA) is 86.5 Å². The highest BCUT2D eigenvalue weighted by Crippen LogP contribution is 2.21. The van der Waals surface area contributed by atoms with Gasteiger partial charge in [0.2, 0.25) is 5.95 Å². The van der Waals surface area contributed by atoms with Crippen LogP contribution in [0, 0.1) is 5.82 Å². The molecule has 0 atom stereocenters. The number of halogens is 1. The van der Waals surface area contributed by atoms with Gasteiger partial charge in [-0.25, -0.2) is 19.2 Å². The number of aromatic amines is 2. The first-order valence-corrected chi connectivity index (χ1v) is 7.71. The van der Waals surface area contributed by atoms with E-state index >= 15 is 0 Å². The maximum Gasteiger partial charge on any atom is 0.323 e. The third kappa shape index (κ3) is 3.12. The van der Waals surface area contributed by atoms with Crippen LogP contribution in [0.5, 0.6) is 0 Å². The van der Waals surface area contributed by atoms with Crippen molar-refractivity contribution in [2.45, 2.75) is 6.54 Å². The van der Waals surface area contributed by atoms with Gasteiger partial charge in [0, 0.05) is 30.1 Å². The molecule has 4 rings (SSSR count). The second-order valence-corrected chi connectivity index (χ2v) is 5.58. The van der Waals surface area contributed by atoms with Gasteiger partial charge in [0.05, 0.1) is 11.0 Å².